The first kappa shape index (κ1) is 45.0. The molecule has 0 aliphatic heterocycles. The standard InChI is InChI=1S/C43H68O5/c1-3-5-7-9-11-13-15-17-19-21-23-25-27-29-31-33-35-37-40(45)43(47)41(39-44)48-42(46)38-36-34-32-30-28-26-24-22-20-18-16-14-12-10-8-6-4-2/h11-14,17-20,23-26,29-32,41,43-44,47H,3-10,15-16,21-22,27-28,33-39H2,1-2H3/b13-11-,14-12-,19-17-,20-18-,25-23-,26-24-,31-29-,32-30-. The Morgan fingerprint density at radius 1 is 0.500 bits per heavy atom. The number of ether oxygens (including phenoxy) is 1. The summed E-state index contributed by atoms with van der Waals surface area (Å²) >= 11 is 0. The van der Waals surface area contributed by atoms with Crippen molar-refractivity contribution in [3.05, 3.63) is 97.2 Å². The zero-order valence-corrected chi connectivity index (χ0v) is 30.4. The van der Waals surface area contributed by atoms with Gasteiger partial charge in [-0.15, -0.1) is 0 Å². The first-order chi connectivity index (χ1) is 23.6. The van der Waals surface area contributed by atoms with Crippen LogP contribution in [0.15, 0.2) is 97.2 Å². The van der Waals surface area contributed by atoms with E-state index in [1.165, 1.54) is 51.4 Å². The SMILES string of the molecule is CCCCC/C=C\C/C=C\C/C=C\C/C=C\CCCC(=O)OC(CO)C(O)C(=O)CCC/C=C\C/C=C\C/C=C\C/C=C\CCCCC. The molecular formula is C43H68O5. The first-order valence-corrected chi connectivity index (χ1v) is 18.8. The van der Waals surface area contributed by atoms with E-state index >= 15 is 0 Å². The van der Waals surface area contributed by atoms with Crippen LogP contribution in [0.4, 0.5) is 0 Å². The van der Waals surface area contributed by atoms with Gasteiger partial charge in [-0.1, -0.05) is 137 Å². The molecule has 0 aromatic rings. The van der Waals surface area contributed by atoms with Gasteiger partial charge in [0, 0.05) is 12.8 Å². The van der Waals surface area contributed by atoms with Crippen molar-refractivity contribution in [3.8, 4) is 0 Å². The van der Waals surface area contributed by atoms with Crippen molar-refractivity contribution < 1.29 is 24.5 Å². The predicted octanol–water partition coefficient (Wildman–Crippen LogP) is 11.1. The van der Waals surface area contributed by atoms with Gasteiger partial charge in [-0.3, -0.25) is 9.59 Å². The molecule has 0 amide bonds. The van der Waals surface area contributed by atoms with E-state index in [0.29, 0.717) is 12.8 Å². The highest BCUT2D eigenvalue weighted by atomic mass is 16.6. The van der Waals surface area contributed by atoms with E-state index in [2.05, 4.69) is 98.9 Å². The van der Waals surface area contributed by atoms with Gasteiger partial charge in [0.05, 0.1) is 6.61 Å². The Morgan fingerprint density at radius 2 is 0.833 bits per heavy atom. The molecule has 5 nitrogen and oxygen atoms in total. The van der Waals surface area contributed by atoms with Gasteiger partial charge in [-0.25, -0.2) is 0 Å². The minimum Gasteiger partial charge on any atom is -0.457 e. The van der Waals surface area contributed by atoms with Gasteiger partial charge >= 0.3 is 5.97 Å². The summed E-state index contributed by atoms with van der Waals surface area (Å²) in [7, 11) is 0. The van der Waals surface area contributed by atoms with Crippen molar-refractivity contribution in [2.75, 3.05) is 6.61 Å². The van der Waals surface area contributed by atoms with Crippen LogP contribution in [-0.4, -0.2) is 40.8 Å². The number of ketones is 1. The van der Waals surface area contributed by atoms with Crippen LogP contribution in [0.2, 0.25) is 0 Å². The van der Waals surface area contributed by atoms with Gasteiger partial charge in [-0.2, -0.15) is 0 Å². The van der Waals surface area contributed by atoms with E-state index in [0.717, 1.165) is 51.4 Å². The van der Waals surface area contributed by atoms with E-state index in [-0.39, 0.29) is 12.8 Å². The smallest absolute Gasteiger partial charge is 0.306 e. The molecule has 48 heavy (non-hydrogen) atoms. The fraction of sp³-hybridized carbons (Fsp3) is 0.581. The van der Waals surface area contributed by atoms with E-state index in [4.69, 9.17) is 4.74 Å². The number of rotatable bonds is 32. The molecule has 0 saturated carbocycles. The molecule has 0 aliphatic rings. The monoisotopic (exact) mass is 665 g/mol. The van der Waals surface area contributed by atoms with Crippen LogP contribution in [0, 0.1) is 0 Å². The molecule has 0 radical (unpaired) electrons. The molecule has 0 heterocycles. The second kappa shape index (κ2) is 36.8. The number of unbranched alkanes of at least 4 members (excludes halogenated alkanes) is 8. The molecule has 0 saturated heterocycles. The van der Waals surface area contributed by atoms with E-state index in [1.807, 2.05) is 12.2 Å². The number of hydrogen-bond donors (Lipinski definition) is 2. The molecule has 0 rings (SSSR count). The van der Waals surface area contributed by atoms with E-state index in [1.54, 1.807) is 0 Å². The third-order valence-electron chi connectivity index (χ3n) is 7.61. The number of allylic oxidation sites excluding steroid dienone is 16. The molecule has 2 N–H and O–H groups in total. The molecule has 0 aromatic carbocycles. The maximum atomic E-state index is 12.4. The number of aliphatic hydroxyl groups excluding tert-OH is 2. The van der Waals surface area contributed by atoms with Crippen LogP contribution in [-0.2, 0) is 14.3 Å². The average molecular weight is 665 g/mol. The highest BCUT2D eigenvalue weighted by molar-refractivity contribution is 5.84. The molecule has 2 unspecified atom stereocenters. The second-order valence-corrected chi connectivity index (χ2v) is 12.1. The first-order valence-electron chi connectivity index (χ1n) is 18.8. The number of carbonyl (C=O) groups excluding carboxylic acids is 2. The number of aliphatic hydroxyl groups is 2. The fourth-order valence-corrected chi connectivity index (χ4v) is 4.66. The maximum absolute atomic E-state index is 12.4. The quantitative estimate of drug-likeness (QED) is 0.0425. The normalized spacial score (nSPS) is 14.1. The Bertz CT molecular complexity index is 995. The maximum Gasteiger partial charge on any atom is 0.306 e. The van der Waals surface area contributed by atoms with Gasteiger partial charge < -0.3 is 14.9 Å². The summed E-state index contributed by atoms with van der Waals surface area (Å²) in [4.78, 5) is 24.6. The van der Waals surface area contributed by atoms with Gasteiger partial charge in [0.25, 0.3) is 0 Å². The summed E-state index contributed by atoms with van der Waals surface area (Å²) in [6.45, 7) is 3.86. The van der Waals surface area contributed by atoms with Crippen LogP contribution in [0.25, 0.3) is 0 Å². The molecule has 0 aromatic heterocycles. The van der Waals surface area contributed by atoms with Crippen LogP contribution >= 0.6 is 0 Å². The summed E-state index contributed by atoms with van der Waals surface area (Å²) in [5, 5.41) is 19.9. The van der Waals surface area contributed by atoms with Gasteiger partial charge in [0.15, 0.2) is 18.0 Å². The summed E-state index contributed by atoms with van der Waals surface area (Å²) in [6, 6.07) is 0. The molecule has 0 fully saturated rings. The van der Waals surface area contributed by atoms with Gasteiger partial charge in [-0.05, 0) is 89.9 Å². The van der Waals surface area contributed by atoms with Gasteiger partial charge in [0.2, 0.25) is 0 Å². The van der Waals surface area contributed by atoms with Crippen LogP contribution < -0.4 is 0 Å². The van der Waals surface area contributed by atoms with Gasteiger partial charge in [0.1, 0.15) is 0 Å². The lowest BCUT2D eigenvalue weighted by molar-refractivity contribution is -0.161. The van der Waals surface area contributed by atoms with Crippen molar-refractivity contribution in [1.82, 2.24) is 0 Å². The van der Waals surface area contributed by atoms with Crippen LogP contribution in [0.5, 0.6) is 0 Å². The third kappa shape index (κ3) is 31.6. The van der Waals surface area contributed by atoms with Crippen molar-refractivity contribution in [1.29, 1.82) is 0 Å². The molecule has 2 atom stereocenters. The number of carbonyl (C=O) groups is 2. The lowest BCUT2D eigenvalue weighted by Crippen LogP contribution is -2.40. The average Bonchev–Trinajstić information content (AvgIpc) is 3.09. The Hall–Kier alpha value is -3.02. The highest BCUT2D eigenvalue weighted by Crippen LogP contribution is 2.10. The lowest BCUT2D eigenvalue weighted by Gasteiger charge is -2.20. The third-order valence-corrected chi connectivity index (χ3v) is 7.61. The topological polar surface area (TPSA) is 83.8 Å². The van der Waals surface area contributed by atoms with E-state index in [9.17, 15) is 19.8 Å². The largest absolute Gasteiger partial charge is 0.457 e. The minimum atomic E-state index is -1.51. The molecule has 0 bridgehead atoms. The van der Waals surface area contributed by atoms with Crippen LogP contribution in [0.3, 0.4) is 0 Å². The summed E-state index contributed by atoms with van der Waals surface area (Å²) < 4.78 is 5.21. The fourth-order valence-electron chi connectivity index (χ4n) is 4.66. The zero-order chi connectivity index (χ0) is 35.2. The summed E-state index contributed by atoms with van der Waals surface area (Å²) in [5.74, 6) is -0.934. The van der Waals surface area contributed by atoms with Crippen LogP contribution in [0.1, 0.15) is 142 Å². The zero-order valence-electron chi connectivity index (χ0n) is 30.4. The number of hydrogen-bond acceptors (Lipinski definition) is 5. The van der Waals surface area contributed by atoms with E-state index < -0.39 is 30.6 Å². The highest BCUT2D eigenvalue weighted by Gasteiger charge is 2.28. The number of Topliss-reactive ketones (excluding diaryl/α,β-unsaturated/α-hetero) is 1. The molecule has 5 heteroatoms. The van der Waals surface area contributed by atoms with Crippen molar-refractivity contribution in [3.63, 3.8) is 0 Å². The molecule has 0 aliphatic carbocycles. The minimum absolute atomic E-state index is 0.166. The Balaban J connectivity index is 3.96. The Morgan fingerprint density at radius 3 is 1.19 bits per heavy atom. The van der Waals surface area contributed by atoms with Crippen molar-refractivity contribution >= 4 is 11.8 Å². The van der Waals surface area contributed by atoms with Crippen molar-refractivity contribution in [2.24, 2.45) is 0 Å². The second-order valence-electron chi connectivity index (χ2n) is 12.1. The van der Waals surface area contributed by atoms with Crippen molar-refractivity contribution in [2.45, 2.75) is 154 Å². The Labute approximate surface area is 294 Å². The molecular weight excluding hydrogens is 596 g/mol. The molecule has 0 spiro atoms. The predicted molar refractivity (Wildman–Crippen MR) is 205 cm³/mol. The summed E-state index contributed by atoms with van der Waals surface area (Å²) in [5.41, 5.74) is 0. The number of esters is 1. The summed E-state index contributed by atoms with van der Waals surface area (Å²) in [6.07, 6.45) is 50.3. The Kier molecular flexibility index (Phi) is 34.5. The lowest BCUT2D eigenvalue weighted by atomic mass is 10.0. The molecule has 270 valence electrons.